The van der Waals surface area contributed by atoms with Crippen LogP contribution >= 0.6 is 0 Å². The van der Waals surface area contributed by atoms with Crippen LogP contribution in [0.1, 0.15) is 26.7 Å². The lowest BCUT2D eigenvalue weighted by molar-refractivity contribution is -0.140. The van der Waals surface area contributed by atoms with E-state index < -0.39 is 5.41 Å². The number of amides is 2. The number of azide groups is 1. The van der Waals surface area contributed by atoms with Gasteiger partial charge in [0.1, 0.15) is 0 Å². The van der Waals surface area contributed by atoms with Gasteiger partial charge in [-0.1, -0.05) is 19.0 Å². The van der Waals surface area contributed by atoms with Gasteiger partial charge in [0.2, 0.25) is 11.8 Å². The van der Waals surface area contributed by atoms with Crippen LogP contribution in [0.2, 0.25) is 0 Å². The minimum absolute atomic E-state index is 0.131. The molecule has 0 unspecified atom stereocenters. The van der Waals surface area contributed by atoms with E-state index in [1.165, 1.54) is 4.90 Å². The number of carbonyl (C=O) groups is 2. The van der Waals surface area contributed by atoms with E-state index >= 15 is 0 Å². The van der Waals surface area contributed by atoms with Crippen molar-refractivity contribution in [3.05, 3.63) is 10.4 Å². The third-order valence-corrected chi connectivity index (χ3v) is 2.42. The van der Waals surface area contributed by atoms with E-state index in [0.29, 0.717) is 19.5 Å². The lowest BCUT2D eigenvalue weighted by Gasteiger charge is -2.16. The first-order valence-corrected chi connectivity index (χ1v) is 4.85. The molecule has 0 radical (unpaired) electrons. The molecule has 0 bridgehead atoms. The number of imide groups is 1. The minimum Gasteiger partial charge on any atom is -0.282 e. The van der Waals surface area contributed by atoms with Gasteiger partial charge in [0, 0.05) is 24.4 Å². The molecule has 15 heavy (non-hydrogen) atoms. The number of rotatable bonds is 4. The molecule has 0 N–H and O–H groups in total. The van der Waals surface area contributed by atoms with Gasteiger partial charge < -0.3 is 0 Å². The van der Waals surface area contributed by atoms with Crippen molar-refractivity contribution in [3.8, 4) is 0 Å². The highest BCUT2D eigenvalue weighted by molar-refractivity contribution is 6.05. The van der Waals surface area contributed by atoms with Gasteiger partial charge in [-0.25, -0.2) is 0 Å². The van der Waals surface area contributed by atoms with Crippen molar-refractivity contribution < 1.29 is 9.59 Å². The lowest BCUT2D eigenvalue weighted by Crippen LogP contribution is -2.34. The zero-order chi connectivity index (χ0) is 11.5. The first-order valence-electron chi connectivity index (χ1n) is 4.85. The second kappa shape index (κ2) is 4.31. The maximum Gasteiger partial charge on any atom is 0.235 e. The van der Waals surface area contributed by atoms with Crippen molar-refractivity contribution in [2.24, 2.45) is 10.5 Å². The van der Waals surface area contributed by atoms with Gasteiger partial charge in [0.05, 0.1) is 5.41 Å². The molecule has 0 aromatic heterocycles. The maximum absolute atomic E-state index is 11.7. The van der Waals surface area contributed by atoms with E-state index in [0.717, 1.165) is 0 Å². The van der Waals surface area contributed by atoms with Crippen LogP contribution in [0.5, 0.6) is 0 Å². The molecular formula is C9H14N4O2. The minimum atomic E-state index is -0.574. The molecule has 1 fully saturated rings. The molecule has 0 saturated carbocycles. The fourth-order valence-electron chi connectivity index (χ4n) is 1.60. The molecule has 82 valence electrons. The monoisotopic (exact) mass is 210 g/mol. The van der Waals surface area contributed by atoms with Crippen LogP contribution in [-0.2, 0) is 9.59 Å². The lowest BCUT2D eigenvalue weighted by atomic mass is 9.92. The molecule has 1 aliphatic heterocycles. The normalized spacial score (nSPS) is 19.2. The van der Waals surface area contributed by atoms with E-state index in [1.54, 1.807) is 13.8 Å². The predicted molar refractivity (Wildman–Crippen MR) is 53.7 cm³/mol. The molecule has 1 aliphatic rings. The summed E-state index contributed by atoms with van der Waals surface area (Å²) in [5.41, 5.74) is 7.48. The van der Waals surface area contributed by atoms with E-state index in [1.807, 2.05) is 0 Å². The van der Waals surface area contributed by atoms with Crippen LogP contribution in [0.3, 0.4) is 0 Å². The SMILES string of the molecule is CC1(C)CC(=O)N(CCCN=[N+]=[N-])C1=O. The van der Waals surface area contributed by atoms with Gasteiger partial charge in [-0.2, -0.15) is 0 Å². The summed E-state index contributed by atoms with van der Waals surface area (Å²) in [5.74, 6) is -0.264. The summed E-state index contributed by atoms with van der Waals surface area (Å²) in [7, 11) is 0. The van der Waals surface area contributed by atoms with E-state index in [4.69, 9.17) is 5.53 Å². The molecule has 0 aliphatic carbocycles. The average Bonchev–Trinajstić information content (AvgIpc) is 2.33. The Morgan fingerprint density at radius 2 is 2.20 bits per heavy atom. The number of nitrogens with zero attached hydrogens (tertiary/aromatic N) is 4. The summed E-state index contributed by atoms with van der Waals surface area (Å²) in [4.78, 5) is 27.0. The zero-order valence-electron chi connectivity index (χ0n) is 8.93. The molecule has 2 amide bonds. The van der Waals surface area contributed by atoms with Crippen LogP contribution in [0, 0.1) is 5.41 Å². The van der Waals surface area contributed by atoms with Crippen molar-refractivity contribution in [1.82, 2.24) is 4.90 Å². The van der Waals surface area contributed by atoms with Crippen molar-refractivity contribution >= 4 is 11.8 Å². The number of hydrogen-bond acceptors (Lipinski definition) is 3. The Bertz CT molecular complexity index is 331. The molecule has 6 nitrogen and oxygen atoms in total. The number of hydrogen-bond donors (Lipinski definition) is 0. The average molecular weight is 210 g/mol. The summed E-state index contributed by atoms with van der Waals surface area (Å²) in [5, 5.41) is 3.35. The largest absolute Gasteiger partial charge is 0.282 e. The van der Waals surface area contributed by atoms with Gasteiger partial charge >= 0.3 is 0 Å². The van der Waals surface area contributed by atoms with Crippen LogP contribution in [0.25, 0.3) is 10.4 Å². The molecular weight excluding hydrogens is 196 g/mol. The molecule has 0 spiro atoms. The molecule has 1 saturated heterocycles. The van der Waals surface area contributed by atoms with Crippen LogP contribution < -0.4 is 0 Å². The van der Waals surface area contributed by atoms with Gasteiger partial charge in [-0.15, -0.1) is 0 Å². The first-order chi connectivity index (χ1) is 6.99. The van der Waals surface area contributed by atoms with E-state index in [2.05, 4.69) is 10.0 Å². The van der Waals surface area contributed by atoms with E-state index in [-0.39, 0.29) is 18.2 Å². The van der Waals surface area contributed by atoms with Crippen LogP contribution in [0.15, 0.2) is 5.11 Å². The van der Waals surface area contributed by atoms with Gasteiger partial charge in [0.25, 0.3) is 0 Å². The van der Waals surface area contributed by atoms with Gasteiger partial charge in [0.15, 0.2) is 0 Å². The van der Waals surface area contributed by atoms with Gasteiger partial charge in [-0.3, -0.25) is 14.5 Å². The zero-order valence-corrected chi connectivity index (χ0v) is 8.93. The maximum atomic E-state index is 11.7. The van der Waals surface area contributed by atoms with E-state index in [9.17, 15) is 9.59 Å². The summed E-state index contributed by atoms with van der Waals surface area (Å²) in [6.07, 6.45) is 0.797. The Labute approximate surface area is 87.9 Å². The third kappa shape index (κ3) is 2.47. The second-order valence-electron chi connectivity index (χ2n) is 4.22. The first kappa shape index (κ1) is 11.5. The Kier molecular flexibility index (Phi) is 3.31. The third-order valence-electron chi connectivity index (χ3n) is 2.42. The molecule has 0 atom stereocenters. The number of likely N-dealkylation sites (tertiary alicyclic amines) is 1. The quantitative estimate of drug-likeness (QED) is 0.231. The molecule has 1 heterocycles. The summed E-state index contributed by atoms with van der Waals surface area (Å²) in [6, 6.07) is 0. The fraction of sp³-hybridized carbons (Fsp3) is 0.778. The highest BCUT2D eigenvalue weighted by Gasteiger charge is 2.44. The fourth-order valence-corrected chi connectivity index (χ4v) is 1.60. The summed E-state index contributed by atoms with van der Waals surface area (Å²) < 4.78 is 0. The van der Waals surface area contributed by atoms with Crippen molar-refractivity contribution in [3.63, 3.8) is 0 Å². The molecule has 6 heteroatoms. The summed E-state index contributed by atoms with van der Waals surface area (Å²) >= 11 is 0. The molecule has 1 rings (SSSR count). The van der Waals surface area contributed by atoms with Crippen LogP contribution in [0.4, 0.5) is 0 Å². The number of carbonyl (C=O) groups excluding carboxylic acids is 2. The van der Waals surface area contributed by atoms with Crippen molar-refractivity contribution in [2.75, 3.05) is 13.1 Å². The van der Waals surface area contributed by atoms with Crippen molar-refractivity contribution in [1.29, 1.82) is 0 Å². The Hall–Kier alpha value is -1.55. The Morgan fingerprint density at radius 1 is 1.53 bits per heavy atom. The molecule has 0 aromatic carbocycles. The predicted octanol–water partition coefficient (Wildman–Crippen LogP) is 1.47. The standard InChI is InChI=1S/C9H14N4O2/c1-9(2)6-7(14)13(8(9)15)5-3-4-11-12-10/h3-6H2,1-2H3. The van der Waals surface area contributed by atoms with Gasteiger partial charge in [-0.05, 0) is 12.0 Å². The molecule has 0 aromatic rings. The Morgan fingerprint density at radius 3 is 2.67 bits per heavy atom. The highest BCUT2D eigenvalue weighted by atomic mass is 16.2. The highest BCUT2D eigenvalue weighted by Crippen LogP contribution is 2.31. The van der Waals surface area contributed by atoms with Crippen molar-refractivity contribution in [2.45, 2.75) is 26.7 Å². The summed E-state index contributed by atoms with van der Waals surface area (Å²) in [6.45, 7) is 4.19. The topological polar surface area (TPSA) is 86.1 Å². The Balaban J connectivity index is 2.52. The second-order valence-corrected chi connectivity index (χ2v) is 4.22. The van der Waals surface area contributed by atoms with Crippen LogP contribution in [-0.4, -0.2) is 29.8 Å². The smallest absolute Gasteiger partial charge is 0.235 e.